The van der Waals surface area contributed by atoms with Gasteiger partial charge in [-0.1, -0.05) is 42.5 Å². The summed E-state index contributed by atoms with van der Waals surface area (Å²) in [4.78, 5) is 11.7. The van der Waals surface area contributed by atoms with Crippen LogP contribution >= 0.6 is 0 Å². The molecule has 0 fully saturated rings. The summed E-state index contributed by atoms with van der Waals surface area (Å²) in [5.74, 6) is 0. The molecule has 0 saturated heterocycles. The maximum absolute atomic E-state index is 11.7. The molecule has 2 aromatic carbocycles. The van der Waals surface area contributed by atoms with Gasteiger partial charge in [-0.2, -0.15) is 0 Å². The number of hydrogen-bond donors (Lipinski definition) is 2. The SMILES string of the molecule is CC(C)(C)OC(=O)NCCc1ccccc1-c1cccc(CO)c1. The lowest BCUT2D eigenvalue weighted by atomic mass is 9.96. The van der Waals surface area contributed by atoms with E-state index in [-0.39, 0.29) is 6.61 Å². The standard InChI is InChI=1S/C20H25NO3/c1-20(2,3)24-19(23)21-12-11-16-8-4-5-10-18(16)17-9-6-7-15(13-17)14-22/h4-10,13,22H,11-12,14H2,1-3H3,(H,21,23). The Morgan fingerprint density at radius 3 is 2.58 bits per heavy atom. The normalized spacial score (nSPS) is 11.2. The van der Waals surface area contributed by atoms with Crippen LogP contribution in [0.15, 0.2) is 48.5 Å². The molecule has 2 aromatic rings. The molecular formula is C20H25NO3. The van der Waals surface area contributed by atoms with Crippen LogP contribution in [-0.4, -0.2) is 23.3 Å². The van der Waals surface area contributed by atoms with Crippen molar-refractivity contribution in [1.82, 2.24) is 5.32 Å². The van der Waals surface area contributed by atoms with E-state index >= 15 is 0 Å². The van der Waals surface area contributed by atoms with Gasteiger partial charge in [0.1, 0.15) is 5.60 Å². The van der Waals surface area contributed by atoms with E-state index in [1.54, 1.807) is 0 Å². The monoisotopic (exact) mass is 327 g/mol. The number of alkyl carbamates (subject to hydrolysis) is 1. The summed E-state index contributed by atoms with van der Waals surface area (Å²) in [6.45, 7) is 6.06. The Balaban J connectivity index is 2.05. The van der Waals surface area contributed by atoms with Crippen molar-refractivity contribution >= 4 is 6.09 Å². The van der Waals surface area contributed by atoms with Gasteiger partial charge in [-0.15, -0.1) is 0 Å². The molecule has 2 rings (SSSR count). The van der Waals surface area contributed by atoms with Gasteiger partial charge in [0.2, 0.25) is 0 Å². The third-order valence-electron chi connectivity index (χ3n) is 3.50. The van der Waals surface area contributed by atoms with Gasteiger partial charge >= 0.3 is 6.09 Å². The molecule has 0 spiro atoms. The highest BCUT2D eigenvalue weighted by molar-refractivity contribution is 5.69. The lowest BCUT2D eigenvalue weighted by Gasteiger charge is -2.19. The molecule has 128 valence electrons. The fourth-order valence-corrected chi connectivity index (χ4v) is 2.47. The number of hydrogen-bond acceptors (Lipinski definition) is 3. The molecule has 0 aromatic heterocycles. The fourth-order valence-electron chi connectivity index (χ4n) is 2.47. The number of carbonyl (C=O) groups excluding carboxylic acids is 1. The topological polar surface area (TPSA) is 58.6 Å². The van der Waals surface area contributed by atoms with Gasteiger partial charge in [0, 0.05) is 6.54 Å². The van der Waals surface area contributed by atoms with Gasteiger partial charge in [0.25, 0.3) is 0 Å². The van der Waals surface area contributed by atoms with E-state index in [9.17, 15) is 9.90 Å². The Labute approximate surface area is 143 Å². The second kappa shape index (κ2) is 7.97. The minimum Gasteiger partial charge on any atom is -0.444 e. The lowest BCUT2D eigenvalue weighted by molar-refractivity contribution is 0.0528. The Morgan fingerprint density at radius 1 is 1.12 bits per heavy atom. The van der Waals surface area contributed by atoms with Crippen molar-refractivity contribution in [2.24, 2.45) is 0 Å². The number of aliphatic hydroxyl groups is 1. The fraction of sp³-hybridized carbons (Fsp3) is 0.350. The highest BCUT2D eigenvalue weighted by Crippen LogP contribution is 2.25. The summed E-state index contributed by atoms with van der Waals surface area (Å²) in [5.41, 5.74) is 3.71. The second-order valence-corrected chi connectivity index (χ2v) is 6.69. The Morgan fingerprint density at radius 2 is 1.88 bits per heavy atom. The molecule has 0 radical (unpaired) electrons. The Hall–Kier alpha value is -2.33. The quantitative estimate of drug-likeness (QED) is 0.875. The number of amides is 1. The predicted molar refractivity (Wildman–Crippen MR) is 95.7 cm³/mol. The Bertz CT molecular complexity index is 689. The molecule has 0 saturated carbocycles. The zero-order chi connectivity index (χ0) is 17.6. The third-order valence-corrected chi connectivity index (χ3v) is 3.50. The molecule has 0 aliphatic rings. The van der Waals surface area contributed by atoms with E-state index in [1.807, 2.05) is 57.2 Å². The molecule has 2 N–H and O–H groups in total. The molecular weight excluding hydrogens is 302 g/mol. The van der Waals surface area contributed by atoms with E-state index in [1.165, 1.54) is 0 Å². The highest BCUT2D eigenvalue weighted by atomic mass is 16.6. The summed E-state index contributed by atoms with van der Waals surface area (Å²) >= 11 is 0. The van der Waals surface area contributed by atoms with Gasteiger partial charge in [-0.05, 0) is 55.5 Å². The van der Waals surface area contributed by atoms with Crippen molar-refractivity contribution in [3.8, 4) is 11.1 Å². The van der Waals surface area contributed by atoms with Crippen LogP contribution in [0.25, 0.3) is 11.1 Å². The second-order valence-electron chi connectivity index (χ2n) is 6.69. The first-order chi connectivity index (χ1) is 11.4. The summed E-state index contributed by atoms with van der Waals surface area (Å²) in [6, 6.07) is 15.9. The largest absolute Gasteiger partial charge is 0.444 e. The van der Waals surface area contributed by atoms with E-state index in [0.717, 1.165) is 22.3 Å². The minimum atomic E-state index is -0.493. The molecule has 24 heavy (non-hydrogen) atoms. The van der Waals surface area contributed by atoms with Gasteiger partial charge < -0.3 is 15.2 Å². The van der Waals surface area contributed by atoms with Crippen LogP contribution < -0.4 is 5.32 Å². The van der Waals surface area contributed by atoms with Crippen LogP contribution in [0.1, 0.15) is 31.9 Å². The lowest BCUT2D eigenvalue weighted by Crippen LogP contribution is -2.33. The maximum atomic E-state index is 11.7. The van der Waals surface area contributed by atoms with E-state index in [0.29, 0.717) is 13.0 Å². The summed E-state index contributed by atoms with van der Waals surface area (Å²) in [5, 5.41) is 12.1. The predicted octanol–water partition coefficient (Wildman–Crippen LogP) is 3.91. The number of aliphatic hydroxyl groups excluding tert-OH is 1. The summed E-state index contributed by atoms with van der Waals surface area (Å²) in [7, 11) is 0. The van der Waals surface area contributed by atoms with Crippen LogP contribution in [0.5, 0.6) is 0 Å². The van der Waals surface area contributed by atoms with Crippen molar-refractivity contribution in [3.05, 3.63) is 59.7 Å². The van der Waals surface area contributed by atoms with Crippen molar-refractivity contribution in [2.45, 2.75) is 39.4 Å². The van der Waals surface area contributed by atoms with E-state index < -0.39 is 11.7 Å². The average molecular weight is 327 g/mol. The zero-order valence-electron chi connectivity index (χ0n) is 14.5. The van der Waals surface area contributed by atoms with Crippen LogP contribution in [0, 0.1) is 0 Å². The summed E-state index contributed by atoms with van der Waals surface area (Å²) < 4.78 is 5.24. The van der Waals surface area contributed by atoms with Gasteiger partial charge in [-0.25, -0.2) is 4.79 Å². The number of rotatable bonds is 5. The van der Waals surface area contributed by atoms with Gasteiger partial charge in [-0.3, -0.25) is 0 Å². The molecule has 1 amide bonds. The zero-order valence-corrected chi connectivity index (χ0v) is 14.5. The molecule has 0 heterocycles. The Kier molecular flexibility index (Phi) is 5.99. The molecule has 0 unspecified atom stereocenters. The van der Waals surface area contributed by atoms with Gasteiger partial charge in [0.05, 0.1) is 6.61 Å². The van der Waals surface area contributed by atoms with Crippen LogP contribution in [-0.2, 0) is 17.8 Å². The third kappa shape index (κ3) is 5.39. The highest BCUT2D eigenvalue weighted by Gasteiger charge is 2.15. The molecule has 4 nitrogen and oxygen atoms in total. The first kappa shape index (κ1) is 18.0. The van der Waals surface area contributed by atoms with Crippen LogP contribution in [0.4, 0.5) is 4.79 Å². The number of nitrogens with one attached hydrogen (secondary N) is 1. The van der Waals surface area contributed by atoms with Crippen molar-refractivity contribution in [3.63, 3.8) is 0 Å². The summed E-state index contributed by atoms with van der Waals surface area (Å²) in [6.07, 6.45) is 0.306. The minimum absolute atomic E-state index is 0.0240. The maximum Gasteiger partial charge on any atom is 0.407 e. The van der Waals surface area contributed by atoms with Crippen molar-refractivity contribution in [1.29, 1.82) is 0 Å². The smallest absolute Gasteiger partial charge is 0.407 e. The van der Waals surface area contributed by atoms with Crippen molar-refractivity contribution < 1.29 is 14.6 Å². The molecule has 0 bridgehead atoms. The van der Waals surface area contributed by atoms with Crippen LogP contribution in [0.2, 0.25) is 0 Å². The number of benzene rings is 2. The van der Waals surface area contributed by atoms with Crippen molar-refractivity contribution in [2.75, 3.05) is 6.54 Å². The molecule has 0 atom stereocenters. The first-order valence-corrected chi connectivity index (χ1v) is 8.14. The van der Waals surface area contributed by atoms with Gasteiger partial charge in [0.15, 0.2) is 0 Å². The molecule has 0 aliphatic heterocycles. The number of ether oxygens (including phenoxy) is 1. The first-order valence-electron chi connectivity index (χ1n) is 8.14. The molecule has 0 aliphatic carbocycles. The van der Waals surface area contributed by atoms with E-state index in [4.69, 9.17) is 4.74 Å². The molecule has 4 heteroatoms. The average Bonchev–Trinajstić information content (AvgIpc) is 2.53. The van der Waals surface area contributed by atoms with Crippen LogP contribution in [0.3, 0.4) is 0 Å². The number of carbonyl (C=O) groups is 1. The van der Waals surface area contributed by atoms with E-state index in [2.05, 4.69) is 17.4 Å².